The van der Waals surface area contributed by atoms with Crippen LogP contribution >= 0.6 is 0 Å². The maximum atomic E-state index is 13.1. The maximum absolute atomic E-state index is 13.1. The van der Waals surface area contributed by atoms with Crippen molar-refractivity contribution >= 4 is 23.2 Å². The highest BCUT2D eigenvalue weighted by Gasteiger charge is 2.13. The second kappa shape index (κ2) is 7.43. The highest BCUT2D eigenvalue weighted by Crippen LogP contribution is 2.13. The van der Waals surface area contributed by atoms with Gasteiger partial charge in [0.2, 0.25) is 0 Å². The van der Waals surface area contributed by atoms with Gasteiger partial charge in [-0.2, -0.15) is 5.10 Å². The molecule has 8 nitrogen and oxygen atoms in total. The third-order valence-corrected chi connectivity index (χ3v) is 3.44. The lowest BCUT2D eigenvalue weighted by Gasteiger charge is -2.05. The molecule has 0 radical (unpaired) electrons. The number of nitrogens with one attached hydrogen (secondary N) is 2. The molecule has 9 heteroatoms. The molecule has 0 saturated carbocycles. The number of hydrogen-bond donors (Lipinski definition) is 4. The van der Waals surface area contributed by atoms with Crippen LogP contribution in [0, 0.1) is 12.7 Å². The van der Waals surface area contributed by atoms with Crippen molar-refractivity contribution in [2.75, 3.05) is 0 Å². The van der Waals surface area contributed by atoms with Crippen molar-refractivity contribution in [1.29, 1.82) is 0 Å². The summed E-state index contributed by atoms with van der Waals surface area (Å²) < 4.78 is 13.1. The van der Waals surface area contributed by atoms with Gasteiger partial charge in [-0.15, -0.1) is 0 Å². The van der Waals surface area contributed by atoms with E-state index in [4.69, 9.17) is 5.73 Å². The number of rotatable bonds is 4. The molecule has 0 spiro atoms. The highest BCUT2D eigenvalue weighted by atomic mass is 19.1. The van der Waals surface area contributed by atoms with Crippen LogP contribution in [0.25, 0.3) is 0 Å². The largest absolute Gasteiger partial charge is 0.410 e. The number of aromatic nitrogens is 3. The van der Waals surface area contributed by atoms with Gasteiger partial charge >= 0.3 is 0 Å². The molecule has 3 aromatic rings. The standard InChI is InChI=1S/C17H16FN7O/c1-10-9-14(24-23-10)21-17(13-3-2-8-20-13)22-16(19)15(25-26)11-4-6-12(18)7-5-11/h2-9,20,26H,1H3,(H3,19,21,22,23,24)/b25-15+. The molecule has 5 N–H and O–H groups in total. The van der Waals surface area contributed by atoms with E-state index in [2.05, 4.69) is 30.3 Å². The summed E-state index contributed by atoms with van der Waals surface area (Å²) in [4.78, 5) is 11.6. The van der Waals surface area contributed by atoms with Crippen LogP contribution in [0.4, 0.5) is 10.2 Å². The summed E-state index contributed by atoms with van der Waals surface area (Å²) in [6, 6.07) is 10.6. The fourth-order valence-electron chi connectivity index (χ4n) is 2.22. The minimum atomic E-state index is -0.413. The van der Waals surface area contributed by atoms with E-state index in [1.807, 2.05) is 6.92 Å². The van der Waals surface area contributed by atoms with Gasteiger partial charge in [-0.05, 0) is 43.3 Å². The predicted molar refractivity (Wildman–Crippen MR) is 96.7 cm³/mol. The van der Waals surface area contributed by atoms with Gasteiger partial charge in [-0.25, -0.2) is 14.4 Å². The Hall–Kier alpha value is -3.75. The third kappa shape index (κ3) is 3.83. The summed E-state index contributed by atoms with van der Waals surface area (Å²) in [6.45, 7) is 1.85. The molecule has 3 rings (SSSR count). The van der Waals surface area contributed by atoms with Crippen LogP contribution in [0.1, 0.15) is 17.0 Å². The Labute approximate surface area is 148 Å². The van der Waals surface area contributed by atoms with Crippen molar-refractivity contribution in [3.63, 3.8) is 0 Å². The number of aromatic amines is 2. The van der Waals surface area contributed by atoms with Gasteiger partial charge < -0.3 is 15.9 Å². The van der Waals surface area contributed by atoms with Gasteiger partial charge in [-0.1, -0.05) is 5.16 Å². The van der Waals surface area contributed by atoms with Gasteiger partial charge in [-0.3, -0.25) is 5.10 Å². The van der Waals surface area contributed by atoms with Crippen molar-refractivity contribution in [1.82, 2.24) is 15.2 Å². The van der Waals surface area contributed by atoms with Gasteiger partial charge in [0.25, 0.3) is 0 Å². The van der Waals surface area contributed by atoms with Gasteiger partial charge in [0.05, 0.1) is 5.69 Å². The summed E-state index contributed by atoms with van der Waals surface area (Å²) in [7, 11) is 0. The van der Waals surface area contributed by atoms with E-state index in [1.54, 1.807) is 24.4 Å². The Balaban J connectivity index is 2.01. The molecule has 0 unspecified atom stereocenters. The normalized spacial score (nSPS) is 13.2. The first-order valence-corrected chi connectivity index (χ1v) is 7.64. The molecule has 0 saturated heterocycles. The quantitative estimate of drug-likeness (QED) is 0.249. The molecule has 0 amide bonds. The molecule has 0 fully saturated rings. The summed E-state index contributed by atoms with van der Waals surface area (Å²) in [5.74, 6) is 0.180. The Kier molecular flexibility index (Phi) is 4.88. The number of aryl methyl sites for hydroxylation is 1. The smallest absolute Gasteiger partial charge is 0.180 e. The fraction of sp³-hybridized carbons (Fsp3) is 0.0588. The highest BCUT2D eigenvalue weighted by molar-refractivity contribution is 6.48. The van der Waals surface area contributed by atoms with Gasteiger partial charge in [0.15, 0.2) is 23.2 Å². The topological polar surface area (TPSA) is 128 Å². The Morgan fingerprint density at radius 3 is 2.58 bits per heavy atom. The van der Waals surface area contributed by atoms with E-state index in [1.165, 1.54) is 24.3 Å². The first-order chi connectivity index (χ1) is 12.6. The van der Waals surface area contributed by atoms with Gasteiger partial charge in [0.1, 0.15) is 5.82 Å². The zero-order valence-corrected chi connectivity index (χ0v) is 13.8. The number of H-pyrrole nitrogens is 2. The molecule has 26 heavy (non-hydrogen) atoms. The lowest BCUT2D eigenvalue weighted by atomic mass is 10.1. The molecule has 1 aromatic carbocycles. The van der Waals surface area contributed by atoms with E-state index in [-0.39, 0.29) is 17.4 Å². The van der Waals surface area contributed by atoms with Crippen LogP contribution in [0.2, 0.25) is 0 Å². The molecule has 0 aliphatic carbocycles. The average molecular weight is 353 g/mol. The van der Waals surface area contributed by atoms with Crippen molar-refractivity contribution in [2.24, 2.45) is 20.9 Å². The van der Waals surface area contributed by atoms with E-state index < -0.39 is 5.82 Å². The summed E-state index contributed by atoms with van der Waals surface area (Å²) in [5, 5.41) is 19.3. The number of nitrogens with zero attached hydrogens (tertiary/aromatic N) is 4. The zero-order chi connectivity index (χ0) is 18.5. The predicted octanol–water partition coefficient (Wildman–Crippen LogP) is 2.50. The Morgan fingerprint density at radius 2 is 2.00 bits per heavy atom. The van der Waals surface area contributed by atoms with E-state index in [9.17, 15) is 9.60 Å². The van der Waals surface area contributed by atoms with Crippen molar-refractivity contribution in [2.45, 2.75) is 6.92 Å². The van der Waals surface area contributed by atoms with Crippen LogP contribution in [0.3, 0.4) is 0 Å². The minimum absolute atomic E-state index is 0.00228. The molecule has 132 valence electrons. The third-order valence-electron chi connectivity index (χ3n) is 3.44. The van der Waals surface area contributed by atoms with Crippen molar-refractivity contribution in [3.8, 4) is 0 Å². The molecular formula is C17H16FN7O. The molecule has 0 aliphatic heterocycles. The second-order valence-corrected chi connectivity index (χ2v) is 5.38. The van der Waals surface area contributed by atoms with Crippen LogP contribution in [-0.4, -0.2) is 37.8 Å². The number of halogens is 1. The SMILES string of the molecule is Cc1cc(N=C(N=C(N)/C(=N/O)c2ccc(F)cc2)c2ccc[nH]2)n[nH]1. The fourth-order valence-corrected chi connectivity index (χ4v) is 2.22. The molecule has 2 aromatic heterocycles. The van der Waals surface area contributed by atoms with Crippen molar-refractivity contribution < 1.29 is 9.60 Å². The summed E-state index contributed by atoms with van der Waals surface area (Å²) in [6.07, 6.45) is 1.72. The molecule has 2 heterocycles. The van der Waals surface area contributed by atoms with Gasteiger partial charge in [0, 0.05) is 23.5 Å². The van der Waals surface area contributed by atoms with E-state index >= 15 is 0 Å². The number of oxime groups is 1. The second-order valence-electron chi connectivity index (χ2n) is 5.38. The monoisotopic (exact) mass is 353 g/mol. The van der Waals surface area contributed by atoms with Crippen LogP contribution in [0.15, 0.2) is 63.8 Å². The average Bonchev–Trinajstić information content (AvgIpc) is 3.28. The van der Waals surface area contributed by atoms with E-state index in [0.29, 0.717) is 17.1 Å². The molecule has 0 atom stereocenters. The van der Waals surface area contributed by atoms with Crippen molar-refractivity contribution in [3.05, 3.63) is 71.4 Å². The number of amidine groups is 2. The lowest BCUT2D eigenvalue weighted by molar-refractivity contribution is 0.320. The molecule has 0 bridgehead atoms. The van der Waals surface area contributed by atoms with Crippen LogP contribution < -0.4 is 5.73 Å². The molecule has 0 aliphatic rings. The number of nitrogens with two attached hydrogens (primary N) is 1. The summed E-state index contributed by atoms with van der Waals surface area (Å²) >= 11 is 0. The van der Waals surface area contributed by atoms with Crippen LogP contribution in [0.5, 0.6) is 0 Å². The Morgan fingerprint density at radius 1 is 1.23 bits per heavy atom. The Bertz CT molecular complexity index is 969. The van der Waals surface area contributed by atoms with E-state index in [0.717, 1.165) is 5.69 Å². The first kappa shape index (κ1) is 17.1. The summed E-state index contributed by atoms with van der Waals surface area (Å²) in [5.41, 5.74) is 7.87. The lowest BCUT2D eigenvalue weighted by Crippen LogP contribution is -2.26. The minimum Gasteiger partial charge on any atom is -0.410 e. The number of benzene rings is 1. The molecular weight excluding hydrogens is 337 g/mol. The van der Waals surface area contributed by atoms with Crippen LogP contribution in [-0.2, 0) is 0 Å². The first-order valence-electron chi connectivity index (χ1n) is 7.64. The number of aliphatic imine (C=N–C) groups is 2. The maximum Gasteiger partial charge on any atom is 0.180 e. The number of hydrogen-bond acceptors (Lipinski definition) is 4. The zero-order valence-electron chi connectivity index (χ0n) is 13.8.